The zero-order valence-corrected chi connectivity index (χ0v) is 15.4. The smallest absolute Gasteiger partial charge is 0.267 e. The maximum Gasteiger partial charge on any atom is 0.267 e. The highest BCUT2D eigenvalue weighted by molar-refractivity contribution is 7.98. The summed E-state index contributed by atoms with van der Waals surface area (Å²) in [4.78, 5) is 26.7. The summed E-state index contributed by atoms with van der Waals surface area (Å²) in [6, 6.07) is 13.8. The van der Waals surface area contributed by atoms with Crippen molar-refractivity contribution < 1.29 is 4.79 Å². The second kappa shape index (κ2) is 7.67. The number of rotatable bonds is 5. The highest BCUT2D eigenvalue weighted by Gasteiger charge is 2.19. The van der Waals surface area contributed by atoms with E-state index in [9.17, 15) is 9.59 Å². The van der Waals surface area contributed by atoms with E-state index in [2.05, 4.69) is 10.4 Å². The van der Waals surface area contributed by atoms with Crippen molar-refractivity contribution in [3.63, 3.8) is 0 Å². The van der Waals surface area contributed by atoms with Crippen LogP contribution < -0.4 is 10.9 Å². The van der Waals surface area contributed by atoms with Crippen molar-refractivity contribution in [2.75, 3.05) is 11.6 Å². The van der Waals surface area contributed by atoms with Gasteiger partial charge in [0, 0.05) is 11.0 Å². The van der Waals surface area contributed by atoms with Crippen LogP contribution in [0.15, 0.2) is 63.6 Å². The number of aromatic nitrogens is 2. The Balaban J connectivity index is 1.87. The SMILES string of the molecule is CSc1ccccc1NC(=O)[C@H](C)n1nc(-c2cccs2)ccc1=O. The van der Waals surface area contributed by atoms with Crippen LogP contribution in [0.3, 0.4) is 0 Å². The summed E-state index contributed by atoms with van der Waals surface area (Å²) in [5.74, 6) is -0.278. The molecular formula is C18H17N3O2S2. The van der Waals surface area contributed by atoms with Gasteiger partial charge in [-0.2, -0.15) is 5.10 Å². The monoisotopic (exact) mass is 371 g/mol. The van der Waals surface area contributed by atoms with Crippen LogP contribution in [0.1, 0.15) is 13.0 Å². The fourth-order valence-electron chi connectivity index (χ4n) is 2.35. The molecule has 2 aromatic heterocycles. The number of anilines is 1. The molecule has 2 heterocycles. The molecule has 0 saturated heterocycles. The van der Waals surface area contributed by atoms with Gasteiger partial charge in [-0.3, -0.25) is 9.59 Å². The van der Waals surface area contributed by atoms with Gasteiger partial charge in [0.1, 0.15) is 11.7 Å². The molecule has 3 rings (SSSR count). The van der Waals surface area contributed by atoms with Gasteiger partial charge in [-0.05, 0) is 42.8 Å². The van der Waals surface area contributed by atoms with E-state index in [1.807, 2.05) is 48.0 Å². The molecule has 0 aliphatic carbocycles. The number of thioether (sulfide) groups is 1. The van der Waals surface area contributed by atoms with E-state index in [0.717, 1.165) is 15.5 Å². The van der Waals surface area contributed by atoms with Gasteiger partial charge in [0.2, 0.25) is 5.91 Å². The predicted octanol–water partition coefficient (Wildman–Crippen LogP) is 3.89. The molecule has 5 nitrogen and oxygen atoms in total. The molecule has 7 heteroatoms. The average Bonchev–Trinajstić information content (AvgIpc) is 3.16. The summed E-state index contributed by atoms with van der Waals surface area (Å²) in [5, 5.41) is 9.20. The predicted molar refractivity (Wildman–Crippen MR) is 103 cm³/mol. The first-order valence-corrected chi connectivity index (χ1v) is 9.78. The first-order chi connectivity index (χ1) is 12.1. The van der Waals surface area contributed by atoms with Crippen molar-refractivity contribution in [2.45, 2.75) is 17.9 Å². The number of thiophene rings is 1. The number of para-hydroxylation sites is 1. The molecule has 0 radical (unpaired) electrons. The molecule has 0 aliphatic heterocycles. The molecule has 3 aromatic rings. The van der Waals surface area contributed by atoms with E-state index in [0.29, 0.717) is 5.69 Å². The number of nitrogens with zero attached hydrogens (tertiary/aromatic N) is 2. The summed E-state index contributed by atoms with van der Waals surface area (Å²) < 4.78 is 1.23. The van der Waals surface area contributed by atoms with Gasteiger partial charge < -0.3 is 5.32 Å². The first kappa shape index (κ1) is 17.4. The fourth-order valence-corrected chi connectivity index (χ4v) is 3.60. The molecule has 0 unspecified atom stereocenters. The third-order valence-corrected chi connectivity index (χ3v) is 5.40. The molecule has 1 atom stereocenters. The van der Waals surface area contributed by atoms with Crippen LogP contribution in [0.4, 0.5) is 5.69 Å². The van der Waals surface area contributed by atoms with Gasteiger partial charge >= 0.3 is 0 Å². The molecule has 0 aliphatic rings. The molecule has 1 N–H and O–H groups in total. The van der Waals surface area contributed by atoms with Gasteiger partial charge in [0.25, 0.3) is 5.56 Å². The highest BCUT2D eigenvalue weighted by Crippen LogP contribution is 2.25. The van der Waals surface area contributed by atoms with Crippen molar-refractivity contribution in [1.29, 1.82) is 0 Å². The first-order valence-electron chi connectivity index (χ1n) is 7.68. The maximum absolute atomic E-state index is 12.6. The minimum Gasteiger partial charge on any atom is -0.323 e. The number of hydrogen-bond donors (Lipinski definition) is 1. The summed E-state index contributed by atoms with van der Waals surface area (Å²) in [5.41, 5.74) is 1.11. The number of hydrogen-bond acceptors (Lipinski definition) is 5. The lowest BCUT2D eigenvalue weighted by Crippen LogP contribution is -2.33. The summed E-state index contributed by atoms with van der Waals surface area (Å²) >= 11 is 3.09. The molecule has 0 bridgehead atoms. The average molecular weight is 371 g/mol. The summed E-state index contributed by atoms with van der Waals surface area (Å²) in [7, 11) is 0. The molecule has 128 valence electrons. The molecule has 0 fully saturated rings. The van der Waals surface area contributed by atoms with Crippen molar-refractivity contribution in [3.8, 4) is 10.6 Å². The Morgan fingerprint density at radius 2 is 2.00 bits per heavy atom. The van der Waals surface area contributed by atoms with Crippen molar-refractivity contribution in [1.82, 2.24) is 9.78 Å². The number of nitrogens with one attached hydrogen (secondary N) is 1. The van der Waals surface area contributed by atoms with E-state index in [1.165, 1.54) is 22.1 Å². The number of benzene rings is 1. The number of carbonyl (C=O) groups is 1. The van der Waals surface area contributed by atoms with Crippen LogP contribution in [-0.2, 0) is 4.79 Å². The van der Waals surface area contributed by atoms with E-state index >= 15 is 0 Å². The second-order valence-electron chi connectivity index (χ2n) is 5.34. The molecule has 0 saturated carbocycles. The Kier molecular flexibility index (Phi) is 5.35. The van der Waals surface area contributed by atoms with Crippen molar-refractivity contribution >= 4 is 34.7 Å². The Labute approximate surface area is 153 Å². The fraction of sp³-hybridized carbons (Fsp3) is 0.167. The van der Waals surface area contributed by atoms with Gasteiger partial charge in [-0.1, -0.05) is 18.2 Å². The third-order valence-electron chi connectivity index (χ3n) is 3.71. The Bertz CT molecular complexity index is 935. The van der Waals surface area contributed by atoms with Gasteiger partial charge in [0.15, 0.2) is 0 Å². The molecule has 25 heavy (non-hydrogen) atoms. The van der Waals surface area contributed by atoms with Gasteiger partial charge in [0.05, 0.1) is 10.6 Å². The largest absolute Gasteiger partial charge is 0.323 e. The molecular weight excluding hydrogens is 354 g/mol. The number of carbonyl (C=O) groups excluding carboxylic acids is 1. The van der Waals surface area contributed by atoms with Crippen LogP contribution in [0.25, 0.3) is 10.6 Å². The van der Waals surface area contributed by atoms with Gasteiger partial charge in [-0.25, -0.2) is 4.68 Å². The quantitative estimate of drug-likeness (QED) is 0.691. The topological polar surface area (TPSA) is 64.0 Å². The van der Waals surface area contributed by atoms with E-state index in [-0.39, 0.29) is 11.5 Å². The summed E-state index contributed by atoms with van der Waals surface area (Å²) in [6.07, 6.45) is 1.95. The van der Waals surface area contributed by atoms with Crippen molar-refractivity contribution in [3.05, 3.63) is 64.3 Å². The van der Waals surface area contributed by atoms with Gasteiger partial charge in [-0.15, -0.1) is 23.1 Å². The Morgan fingerprint density at radius 3 is 2.72 bits per heavy atom. The molecule has 0 spiro atoms. The van der Waals surface area contributed by atoms with Crippen LogP contribution >= 0.6 is 23.1 Å². The maximum atomic E-state index is 12.6. The van der Waals surface area contributed by atoms with E-state index < -0.39 is 6.04 Å². The van der Waals surface area contributed by atoms with Crippen LogP contribution in [0.5, 0.6) is 0 Å². The molecule has 1 aromatic carbocycles. The summed E-state index contributed by atoms with van der Waals surface area (Å²) in [6.45, 7) is 1.67. The van der Waals surface area contributed by atoms with Crippen molar-refractivity contribution in [2.24, 2.45) is 0 Å². The van der Waals surface area contributed by atoms with E-state index in [4.69, 9.17) is 0 Å². The normalized spacial score (nSPS) is 11.9. The third kappa shape index (κ3) is 3.83. The van der Waals surface area contributed by atoms with Crippen LogP contribution in [0.2, 0.25) is 0 Å². The number of amides is 1. The van der Waals surface area contributed by atoms with E-state index in [1.54, 1.807) is 24.8 Å². The zero-order valence-electron chi connectivity index (χ0n) is 13.8. The second-order valence-corrected chi connectivity index (χ2v) is 7.14. The minimum atomic E-state index is -0.720. The lowest BCUT2D eigenvalue weighted by Gasteiger charge is -2.16. The zero-order chi connectivity index (χ0) is 17.8. The highest BCUT2D eigenvalue weighted by atomic mass is 32.2. The minimum absolute atomic E-state index is 0.278. The lowest BCUT2D eigenvalue weighted by molar-refractivity contribution is -0.119. The standard InChI is InChI=1S/C18H17N3O2S2/c1-12(18(23)19-13-6-3-4-7-15(13)24-2)21-17(22)10-9-14(20-21)16-8-5-11-25-16/h3-12H,1-2H3,(H,19,23)/t12-/m0/s1. The molecule has 1 amide bonds. The van der Waals surface area contributed by atoms with Crippen LogP contribution in [0, 0.1) is 0 Å². The lowest BCUT2D eigenvalue weighted by atomic mass is 10.2. The Morgan fingerprint density at radius 1 is 1.20 bits per heavy atom. The Hall–Kier alpha value is -2.38. The van der Waals surface area contributed by atoms with Crippen LogP contribution in [-0.4, -0.2) is 21.9 Å².